The molecular weight excluding hydrogens is 340 g/mol. The Morgan fingerprint density at radius 2 is 1.00 bits per heavy atom. The second-order valence-electron chi connectivity index (χ2n) is 5.65. The maximum Gasteiger partial charge on any atom is 0.328 e. The van der Waals surface area contributed by atoms with Gasteiger partial charge in [-0.1, -0.05) is 36.4 Å². The molecule has 0 bridgehead atoms. The molecule has 0 aliphatic carbocycles. The quantitative estimate of drug-likeness (QED) is 0.503. The Kier molecular flexibility index (Phi) is 6.54. The third-order valence-electron chi connectivity index (χ3n) is 3.92. The SMILES string of the molecule is O=C(O)C(CCC(C(=O)O)N(O)c1ccccc1)N(O)c1ccccc1. The smallest absolute Gasteiger partial charge is 0.328 e. The van der Waals surface area contributed by atoms with Crippen molar-refractivity contribution < 1.29 is 30.2 Å². The molecule has 2 unspecified atom stereocenters. The molecule has 8 heteroatoms. The van der Waals surface area contributed by atoms with E-state index in [9.17, 15) is 30.2 Å². The number of hydrogen-bond donors (Lipinski definition) is 4. The maximum atomic E-state index is 11.5. The van der Waals surface area contributed by atoms with Gasteiger partial charge in [0.05, 0.1) is 11.4 Å². The second kappa shape index (κ2) is 8.84. The summed E-state index contributed by atoms with van der Waals surface area (Å²) in [6, 6.07) is 13.4. The van der Waals surface area contributed by atoms with E-state index in [1.165, 1.54) is 24.3 Å². The fourth-order valence-corrected chi connectivity index (χ4v) is 2.54. The van der Waals surface area contributed by atoms with Gasteiger partial charge in [-0.2, -0.15) is 0 Å². The molecule has 0 fully saturated rings. The highest BCUT2D eigenvalue weighted by Gasteiger charge is 2.31. The second-order valence-corrected chi connectivity index (χ2v) is 5.65. The lowest BCUT2D eigenvalue weighted by Gasteiger charge is -2.28. The molecular formula is C18H20N2O6. The average molecular weight is 360 g/mol. The summed E-state index contributed by atoms with van der Waals surface area (Å²) in [5, 5.41) is 40.3. The van der Waals surface area contributed by atoms with Crippen LogP contribution in [0.25, 0.3) is 0 Å². The molecule has 0 radical (unpaired) electrons. The van der Waals surface area contributed by atoms with Crippen LogP contribution < -0.4 is 10.1 Å². The maximum absolute atomic E-state index is 11.5. The van der Waals surface area contributed by atoms with E-state index < -0.39 is 24.0 Å². The lowest BCUT2D eigenvalue weighted by molar-refractivity contribution is -0.143. The summed E-state index contributed by atoms with van der Waals surface area (Å²) in [7, 11) is 0. The largest absolute Gasteiger partial charge is 0.480 e. The van der Waals surface area contributed by atoms with Gasteiger partial charge >= 0.3 is 11.9 Å². The van der Waals surface area contributed by atoms with E-state index in [-0.39, 0.29) is 24.2 Å². The van der Waals surface area contributed by atoms with Crippen LogP contribution in [0.2, 0.25) is 0 Å². The van der Waals surface area contributed by atoms with Crippen molar-refractivity contribution in [2.24, 2.45) is 0 Å². The topological polar surface area (TPSA) is 122 Å². The minimum absolute atomic E-state index is 0.193. The number of hydroxylamine groups is 2. The predicted molar refractivity (Wildman–Crippen MR) is 93.5 cm³/mol. The zero-order chi connectivity index (χ0) is 19.1. The summed E-state index contributed by atoms with van der Waals surface area (Å²) < 4.78 is 0. The third-order valence-corrected chi connectivity index (χ3v) is 3.92. The number of benzene rings is 2. The molecule has 0 spiro atoms. The van der Waals surface area contributed by atoms with Gasteiger partial charge in [-0.05, 0) is 37.1 Å². The first kappa shape index (κ1) is 19.2. The van der Waals surface area contributed by atoms with E-state index in [1.54, 1.807) is 36.4 Å². The van der Waals surface area contributed by atoms with E-state index in [1.807, 2.05) is 0 Å². The summed E-state index contributed by atoms with van der Waals surface area (Å²) in [6.45, 7) is 0. The number of rotatable bonds is 9. The molecule has 0 aromatic heterocycles. The molecule has 0 aliphatic rings. The van der Waals surface area contributed by atoms with Crippen LogP contribution in [-0.4, -0.2) is 44.6 Å². The fourth-order valence-electron chi connectivity index (χ4n) is 2.54. The van der Waals surface area contributed by atoms with Crippen LogP contribution >= 0.6 is 0 Å². The highest BCUT2D eigenvalue weighted by Crippen LogP contribution is 2.21. The molecule has 2 aromatic rings. The molecule has 0 saturated heterocycles. The van der Waals surface area contributed by atoms with Gasteiger partial charge in [0.2, 0.25) is 0 Å². The Hall–Kier alpha value is -3.10. The molecule has 138 valence electrons. The van der Waals surface area contributed by atoms with Gasteiger partial charge in [0.15, 0.2) is 12.1 Å². The number of carbonyl (C=O) groups is 2. The van der Waals surface area contributed by atoms with Gasteiger partial charge in [-0.25, -0.2) is 19.7 Å². The number of aliphatic carboxylic acids is 2. The molecule has 4 N–H and O–H groups in total. The van der Waals surface area contributed by atoms with Crippen molar-refractivity contribution in [2.45, 2.75) is 24.9 Å². The first-order chi connectivity index (χ1) is 12.4. The lowest BCUT2D eigenvalue weighted by Crippen LogP contribution is -2.43. The van der Waals surface area contributed by atoms with Gasteiger partial charge in [0.1, 0.15) is 0 Å². The van der Waals surface area contributed by atoms with Crippen LogP contribution in [0.4, 0.5) is 11.4 Å². The summed E-state index contributed by atoms with van der Waals surface area (Å²) in [6.07, 6.45) is -0.386. The van der Waals surface area contributed by atoms with E-state index in [4.69, 9.17) is 0 Å². The molecule has 0 aliphatic heterocycles. The Morgan fingerprint density at radius 1 is 0.692 bits per heavy atom. The Bertz CT molecular complexity index is 661. The van der Waals surface area contributed by atoms with E-state index in [0.717, 1.165) is 0 Å². The number of nitrogens with zero attached hydrogens (tertiary/aromatic N) is 2. The summed E-state index contributed by atoms with van der Waals surface area (Å²) >= 11 is 0. The van der Waals surface area contributed by atoms with Gasteiger partial charge in [0.25, 0.3) is 0 Å². The van der Waals surface area contributed by atoms with Crippen molar-refractivity contribution in [3.8, 4) is 0 Å². The number of carboxylic acid groups (broad SMARTS) is 2. The highest BCUT2D eigenvalue weighted by atomic mass is 16.5. The molecule has 2 atom stereocenters. The summed E-state index contributed by atoms with van der Waals surface area (Å²) in [5.41, 5.74) is 0.548. The normalized spacial score (nSPS) is 12.8. The van der Waals surface area contributed by atoms with Crippen LogP contribution in [0.5, 0.6) is 0 Å². The Balaban J connectivity index is 2.12. The van der Waals surface area contributed by atoms with Crippen LogP contribution in [0.15, 0.2) is 60.7 Å². The van der Waals surface area contributed by atoms with Crippen molar-refractivity contribution in [3.63, 3.8) is 0 Å². The monoisotopic (exact) mass is 360 g/mol. The summed E-state index contributed by atoms with van der Waals surface area (Å²) in [4.78, 5) is 23.0. The van der Waals surface area contributed by atoms with E-state index in [2.05, 4.69) is 0 Å². The van der Waals surface area contributed by atoms with E-state index >= 15 is 0 Å². The average Bonchev–Trinajstić information content (AvgIpc) is 2.65. The Labute approximate surface area is 150 Å². The van der Waals surface area contributed by atoms with Gasteiger partial charge in [-0.3, -0.25) is 10.4 Å². The fraction of sp³-hybridized carbons (Fsp3) is 0.222. The number of carboxylic acids is 2. The Morgan fingerprint density at radius 3 is 1.27 bits per heavy atom. The standard InChI is InChI=1S/C18H20N2O6/c21-17(22)15(19(25)13-7-3-1-4-8-13)11-12-16(18(23)24)20(26)14-9-5-2-6-10-14/h1-10,15-16,25-26H,11-12H2,(H,21,22)(H,23,24). The van der Waals surface area contributed by atoms with Crippen LogP contribution in [0, 0.1) is 0 Å². The summed E-state index contributed by atoms with van der Waals surface area (Å²) in [5.74, 6) is -2.60. The molecule has 8 nitrogen and oxygen atoms in total. The van der Waals surface area contributed by atoms with Crippen molar-refractivity contribution in [1.82, 2.24) is 0 Å². The van der Waals surface area contributed by atoms with Crippen molar-refractivity contribution >= 4 is 23.3 Å². The third kappa shape index (κ3) is 4.71. The van der Waals surface area contributed by atoms with Gasteiger partial charge < -0.3 is 10.2 Å². The minimum atomic E-state index is -1.36. The van der Waals surface area contributed by atoms with Crippen LogP contribution in [0.3, 0.4) is 0 Å². The van der Waals surface area contributed by atoms with Crippen molar-refractivity contribution in [2.75, 3.05) is 10.1 Å². The first-order valence-corrected chi connectivity index (χ1v) is 7.93. The van der Waals surface area contributed by atoms with E-state index in [0.29, 0.717) is 10.1 Å². The number of anilines is 2. The van der Waals surface area contributed by atoms with Crippen molar-refractivity contribution in [3.05, 3.63) is 60.7 Å². The molecule has 2 rings (SSSR count). The highest BCUT2D eigenvalue weighted by molar-refractivity contribution is 5.79. The molecule has 2 aromatic carbocycles. The predicted octanol–water partition coefficient (Wildman–Crippen LogP) is 2.46. The number of hydrogen-bond acceptors (Lipinski definition) is 6. The zero-order valence-electron chi connectivity index (χ0n) is 13.8. The lowest BCUT2D eigenvalue weighted by atomic mass is 10.0. The van der Waals surface area contributed by atoms with Crippen molar-refractivity contribution in [1.29, 1.82) is 0 Å². The number of para-hydroxylation sites is 2. The van der Waals surface area contributed by atoms with Crippen LogP contribution in [-0.2, 0) is 9.59 Å². The molecule has 0 saturated carbocycles. The van der Waals surface area contributed by atoms with Crippen LogP contribution in [0.1, 0.15) is 12.8 Å². The first-order valence-electron chi connectivity index (χ1n) is 7.93. The molecule has 0 heterocycles. The zero-order valence-corrected chi connectivity index (χ0v) is 13.8. The molecule has 0 amide bonds. The van der Waals surface area contributed by atoms with Gasteiger partial charge in [0, 0.05) is 0 Å². The molecule has 26 heavy (non-hydrogen) atoms. The van der Waals surface area contributed by atoms with Gasteiger partial charge in [-0.15, -0.1) is 0 Å². The minimum Gasteiger partial charge on any atom is -0.480 e.